The molecule has 23 heavy (non-hydrogen) atoms. The van der Waals surface area contributed by atoms with Gasteiger partial charge in [0.05, 0.1) is 6.04 Å². The fourth-order valence-electron chi connectivity index (χ4n) is 2.64. The van der Waals surface area contributed by atoms with Gasteiger partial charge in [0.25, 0.3) is 0 Å². The highest BCUT2D eigenvalue weighted by Crippen LogP contribution is 2.22. The van der Waals surface area contributed by atoms with Crippen LogP contribution in [0.3, 0.4) is 0 Å². The number of benzene rings is 1. The molecule has 7 nitrogen and oxygen atoms in total. The predicted octanol–water partition coefficient (Wildman–Crippen LogP) is 1.02. The Balaban J connectivity index is 2.15. The van der Waals surface area contributed by atoms with E-state index in [4.69, 9.17) is 9.84 Å². The number of nitrogens with one attached hydrogen (secondary N) is 1. The van der Waals surface area contributed by atoms with E-state index in [1.165, 1.54) is 4.90 Å². The van der Waals surface area contributed by atoms with Gasteiger partial charge >= 0.3 is 6.09 Å². The second-order valence-electron chi connectivity index (χ2n) is 5.92. The van der Waals surface area contributed by atoms with Crippen molar-refractivity contribution in [3.8, 4) is 0 Å². The summed E-state index contributed by atoms with van der Waals surface area (Å²) in [6.07, 6.45) is -1.90. The lowest BCUT2D eigenvalue weighted by atomic mass is 10.0. The van der Waals surface area contributed by atoms with Crippen LogP contribution in [0, 0.1) is 5.92 Å². The van der Waals surface area contributed by atoms with Crippen LogP contribution in [0.25, 0.3) is 0 Å². The quantitative estimate of drug-likeness (QED) is 0.752. The Hall–Kier alpha value is -2.12. The van der Waals surface area contributed by atoms with Crippen LogP contribution in [0.4, 0.5) is 4.79 Å². The Morgan fingerprint density at radius 3 is 2.57 bits per heavy atom. The van der Waals surface area contributed by atoms with Crippen LogP contribution in [-0.4, -0.2) is 52.2 Å². The highest BCUT2D eigenvalue weighted by molar-refractivity contribution is 5.86. The van der Waals surface area contributed by atoms with Gasteiger partial charge in [-0.25, -0.2) is 4.79 Å². The summed E-state index contributed by atoms with van der Waals surface area (Å²) in [7, 11) is 0. The lowest BCUT2D eigenvalue weighted by Gasteiger charge is -2.29. The summed E-state index contributed by atoms with van der Waals surface area (Å²) in [5.74, 6) is -0.603. The maximum atomic E-state index is 12.7. The summed E-state index contributed by atoms with van der Waals surface area (Å²) >= 11 is 0. The molecule has 1 aliphatic heterocycles. The highest BCUT2D eigenvalue weighted by Gasteiger charge is 2.40. The smallest absolute Gasteiger partial charge is 0.405 e. The van der Waals surface area contributed by atoms with E-state index in [0.29, 0.717) is 6.42 Å². The standard InChI is InChI=1S/C16H22N2O5/c1-10(2)13(17-16(21)22)14(19)18-9-23-15(20)12(18)8-11-6-4-3-5-7-11/h3-7,10,12-13,15,17,20H,8-9H2,1-2H3,(H,21,22). The summed E-state index contributed by atoms with van der Waals surface area (Å²) in [5.41, 5.74) is 0.965. The number of nitrogens with zero attached hydrogens (tertiary/aromatic N) is 1. The van der Waals surface area contributed by atoms with Crippen molar-refractivity contribution in [1.82, 2.24) is 10.2 Å². The molecule has 1 aliphatic rings. The normalized spacial score (nSPS) is 22.2. The molecule has 0 radical (unpaired) electrons. The average Bonchev–Trinajstić information content (AvgIpc) is 2.86. The molecule has 1 heterocycles. The summed E-state index contributed by atoms with van der Waals surface area (Å²) in [5, 5.41) is 21.2. The molecule has 2 amide bonds. The molecular weight excluding hydrogens is 300 g/mol. The summed E-state index contributed by atoms with van der Waals surface area (Å²) in [6.45, 7) is 3.47. The monoisotopic (exact) mass is 322 g/mol. The molecule has 0 aliphatic carbocycles. The number of hydrogen-bond donors (Lipinski definition) is 3. The molecule has 0 bridgehead atoms. The first-order chi connectivity index (χ1) is 10.9. The zero-order valence-corrected chi connectivity index (χ0v) is 13.2. The third-order valence-corrected chi connectivity index (χ3v) is 3.90. The minimum atomic E-state index is -1.25. The van der Waals surface area contributed by atoms with Crippen molar-refractivity contribution in [2.45, 2.75) is 38.6 Å². The van der Waals surface area contributed by atoms with Crippen molar-refractivity contribution < 1.29 is 24.5 Å². The van der Waals surface area contributed by atoms with Crippen LogP contribution in [0.2, 0.25) is 0 Å². The molecule has 1 saturated heterocycles. The number of aliphatic hydroxyl groups is 1. The van der Waals surface area contributed by atoms with E-state index in [1.807, 2.05) is 30.3 Å². The second-order valence-corrected chi connectivity index (χ2v) is 5.92. The molecule has 0 spiro atoms. The Labute approximate surface area is 134 Å². The number of rotatable bonds is 5. The third-order valence-electron chi connectivity index (χ3n) is 3.90. The maximum absolute atomic E-state index is 12.7. The van der Waals surface area contributed by atoms with Gasteiger partial charge in [0.2, 0.25) is 5.91 Å². The first-order valence-corrected chi connectivity index (χ1v) is 7.53. The number of amides is 2. The SMILES string of the molecule is CC(C)C(NC(=O)O)C(=O)N1COC(O)C1Cc1ccccc1. The minimum Gasteiger partial charge on any atom is -0.465 e. The molecule has 1 fully saturated rings. The predicted molar refractivity (Wildman–Crippen MR) is 82.5 cm³/mol. The van der Waals surface area contributed by atoms with E-state index >= 15 is 0 Å². The summed E-state index contributed by atoms with van der Waals surface area (Å²) < 4.78 is 5.19. The maximum Gasteiger partial charge on any atom is 0.405 e. The lowest BCUT2D eigenvalue weighted by molar-refractivity contribution is -0.136. The van der Waals surface area contributed by atoms with Crippen LogP contribution >= 0.6 is 0 Å². The minimum absolute atomic E-state index is 0.0536. The zero-order valence-electron chi connectivity index (χ0n) is 13.2. The van der Waals surface area contributed by atoms with Gasteiger partial charge in [-0.2, -0.15) is 0 Å². The summed E-state index contributed by atoms with van der Waals surface area (Å²) in [6, 6.07) is 8.05. The van der Waals surface area contributed by atoms with Crippen LogP contribution in [0.5, 0.6) is 0 Å². The molecular formula is C16H22N2O5. The Morgan fingerprint density at radius 2 is 2.00 bits per heavy atom. The van der Waals surface area contributed by atoms with Crippen molar-refractivity contribution in [1.29, 1.82) is 0 Å². The molecule has 0 saturated carbocycles. The second kappa shape index (κ2) is 7.43. The molecule has 3 N–H and O–H groups in total. The van der Waals surface area contributed by atoms with E-state index in [1.54, 1.807) is 13.8 Å². The van der Waals surface area contributed by atoms with Crippen molar-refractivity contribution in [2.75, 3.05) is 6.73 Å². The van der Waals surface area contributed by atoms with E-state index in [9.17, 15) is 14.7 Å². The van der Waals surface area contributed by atoms with Crippen LogP contribution in [-0.2, 0) is 16.0 Å². The van der Waals surface area contributed by atoms with Gasteiger partial charge in [0, 0.05) is 0 Å². The van der Waals surface area contributed by atoms with Gasteiger partial charge in [-0.15, -0.1) is 0 Å². The van der Waals surface area contributed by atoms with Gasteiger partial charge in [-0.1, -0.05) is 44.2 Å². The largest absolute Gasteiger partial charge is 0.465 e. The fourth-order valence-corrected chi connectivity index (χ4v) is 2.64. The Bertz CT molecular complexity index is 549. The summed E-state index contributed by atoms with van der Waals surface area (Å²) in [4.78, 5) is 25.0. The zero-order chi connectivity index (χ0) is 17.0. The van der Waals surface area contributed by atoms with Crippen molar-refractivity contribution >= 4 is 12.0 Å². The molecule has 2 rings (SSSR count). The first kappa shape index (κ1) is 17.2. The molecule has 7 heteroatoms. The molecule has 126 valence electrons. The van der Waals surface area contributed by atoms with Gasteiger partial charge in [0.1, 0.15) is 12.8 Å². The van der Waals surface area contributed by atoms with Crippen molar-refractivity contribution in [3.05, 3.63) is 35.9 Å². The number of carboxylic acid groups (broad SMARTS) is 1. The number of carbonyl (C=O) groups is 2. The van der Waals surface area contributed by atoms with Crippen molar-refractivity contribution in [2.24, 2.45) is 5.92 Å². The van der Waals surface area contributed by atoms with Crippen LogP contribution < -0.4 is 5.32 Å². The molecule has 0 aromatic heterocycles. The van der Waals surface area contributed by atoms with Crippen LogP contribution in [0.1, 0.15) is 19.4 Å². The molecule has 3 unspecified atom stereocenters. The number of ether oxygens (including phenoxy) is 1. The number of aliphatic hydroxyl groups excluding tert-OH is 1. The van der Waals surface area contributed by atoms with E-state index in [-0.39, 0.29) is 18.6 Å². The molecule has 3 atom stereocenters. The highest BCUT2D eigenvalue weighted by atomic mass is 16.6. The fraction of sp³-hybridized carbons (Fsp3) is 0.500. The Kier molecular flexibility index (Phi) is 5.57. The van der Waals surface area contributed by atoms with E-state index in [0.717, 1.165) is 5.56 Å². The van der Waals surface area contributed by atoms with Crippen molar-refractivity contribution in [3.63, 3.8) is 0 Å². The number of carbonyl (C=O) groups excluding carboxylic acids is 1. The van der Waals surface area contributed by atoms with Gasteiger partial charge in [-0.3, -0.25) is 4.79 Å². The van der Waals surface area contributed by atoms with Crippen LogP contribution in [0.15, 0.2) is 30.3 Å². The van der Waals surface area contributed by atoms with Gasteiger partial charge < -0.3 is 25.2 Å². The lowest BCUT2D eigenvalue weighted by Crippen LogP contribution is -2.53. The molecule has 1 aromatic carbocycles. The topological polar surface area (TPSA) is 99.1 Å². The average molecular weight is 322 g/mol. The van der Waals surface area contributed by atoms with Gasteiger partial charge in [-0.05, 0) is 17.9 Å². The molecule has 1 aromatic rings. The van der Waals surface area contributed by atoms with Gasteiger partial charge in [0.15, 0.2) is 6.29 Å². The van der Waals surface area contributed by atoms with E-state index in [2.05, 4.69) is 5.32 Å². The Morgan fingerprint density at radius 1 is 1.35 bits per heavy atom. The number of hydrogen-bond acceptors (Lipinski definition) is 4. The van der Waals surface area contributed by atoms with E-state index < -0.39 is 24.5 Å². The third kappa shape index (κ3) is 4.20. The first-order valence-electron chi connectivity index (χ1n) is 7.53.